The highest BCUT2D eigenvalue weighted by Crippen LogP contribution is 2.16. The number of aromatic nitrogens is 2. The van der Waals surface area contributed by atoms with Gasteiger partial charge < -0.3 is 10.4 Å². The van der Waals surface area contributed by atoms with Gasteiger partial charge in [-0.2, -0.15) is 4.37 Å². The minimum atomic E-state index is -0.821. The van der Waals surface area contributed by atoms with Gasteiger partial charge in [0.15, 0.2) is 0 Å². The van der Waals surface area contributed by atoms with E-state index in [9.17, 15) is 4.79 Å². The molecule has 0 saturated carbocycles. The van der Waals surface area contributed by atoms with Crippen LogP contribution in [0.2, 0.25) is 0 Å². The predicted octanol–water partition coefficient (Wildman–Crippen LogP) is 2.73. The van der Waals surface area contributed by atoms with Gasteiger partial charge in [-0.1, -0.05) is 31.2 Å². The third-order valence-corrected chi connectivity index (χ3v) is 3.54. The molecule has 106 valence electrons. The lowest BCUT2D eigenvalue weighted by Crippen LogP contribution is -2.07. The maximum atomic E-state index is 10.8. The Morgan fingerprint density at radius 1 is 1.35 bits per heavy atom. The fourth-order valence-corrected chi connectivity index (χ4v) is 2.49. The van der Waals surface area contributed by atoms with Gasteiger partial charge in [0.2, 0.25) is 5.13 Å². The van der Waals surface area contributed by atoms with Crippen molar-refractivity contribution in [2.24, 2.45) is 0 Å². The molecule has 1 aromatic heterocycles. The number of nitrogens with one attached hydrogen (secondary N) is 1. The van der Waals surface area contributed by atoms with Crippen LogP contribution in [0.1, 0.15) is 30.3 Å². The number of rotatable bonds is 7. The SMILES string of the molecule is CCCc1nsc(NCc2ccccc2CC(=O)O)n1. The average Bonchev–Trinajstić information content (AvgIpc) is 2.85. The van der Waals surface area contributed by atoms with Crippen molar-refractivity contribution < 1.29 is 9.90 Å². The normalized spacial score (nSPS) is 10.4. The summed E-state index contributed by atoms with van der Waals surface area (Å²) in [7, 11) is 0. The van der Waals surface area contributed by atoms with Crippen molar-refractivity contribution in [2.75, 3.05) is 5.32 Å². The Kier molecular flexibility index (Phi) is 5.06. The van der Waals surface area contributed by atoms with Crippen molar-refractivity contribution in [1.29, 1.82) is 0 Å². The number of benzene rings is 1. The summed E-state index contributed by atoms with van der Waals surface area (Å²) in [5, 5.41) is 12.9. The van der Waals surface area contributed by atoms with Gasteiger partial charge >= 0.3 is 5.97 Å². The van der Waals surface area contributed by atoms with E-state index in [4.69, 9.17) is 5.11 Å². The molecule has 2 rings (SSSR count). The monoisotopic (exact) mass is 291 g/mol. The first kappa shape index (κ1) is 14.5. The lowest BCUT2D eigenvalue weighted by Gasteiger charge is -2.07. The van der Waals surface area contributed by atoms with E-state index in [1.807, 2.05) is 24.3 Å². The van der Waals surface area contributed by atoms with Crippen molar-refractivity contribution in [1.82, 2.24) is 9.36 Å². The van der Waals surface area contributed by atoms with E-state index in [1.54, 1.807) is 0 Å². The third kappa shape index (κ3) is 4.03. The van der Waals surface area contributed by atoms with E-state index in [1.165, 1.54) is 11.5 Å². The van der Waals surface area contributed by atoms with Crippen LogP contribution >= 0.6 is 11.5 Å². The van der Waals surface area contributed by atoms with E-state index >= 15 is 0 Å². The Labute approximate surface area is 121 Å². The van der Waals surface area contributed by atoms with Crippen molar-refractivity contribution in [3.8, 4) is 0 Å². The molecule has 0 fully saturated rings. The molecule has 0 spiro atoms. The molecule has 0 saturated heterocycles. The molecule has 0 radical (unpaired) electrons. The molecule has 0 atom stereocenters. The number of aliphatic carboxylic acids is 1. The van der Waals surface area contributed by atoms with Crippen LogP contribution in [0, 0.1) is 0 Å². The Bertz CT molecular complexity index is 583. The number of anilines is 1. The number of carboxylic acids is 1. The Morgan fingerprint density at radius 2 is 2.10 bits per heavy atom. The molecule has 1 heterocycles. The molecular weight excluding hydrogens is 274 g/mol. The van der Waals surface area contributed by atoms with Crippen molar-refractivity contribution >= 4 is 22.6 Å². The minimum Gasteiger partial charge on any atom is -0.481 e. The Hall–Kier alpha value is -1.95. The molecule has 20 heavy (non-hydrogen) atoms. The summed E-state index contributed by atoms with van der Waals surface area (Å²) in [6, 6.07) is 7.53. The van der Waals surface area contributed by atoms with Crippen LogP contribution < -0.4 is 5.32 Å². The zero-order chi connectivity index (χ0) is 14.4. The van der Waals surface area contributed by atoms with E-state index in [-0.39, 0.29) is 6.42 Å². The van der Waals surface area contributed by atoms with Gasteiger partial charge in [-0.05, 0) is 17.5 Å². The molecule has 5 nitrogen and oxygen atoms in total. The Balaban J connectivity index is 2.00. The third-order valence-electron chi connectivity index (χ3n) is 2.83. The van der Waals surface area contributed by atoms with E-state index in [0.29, 0.717) is 6.54 Å². The number of aryl methyl sites for hydroxylation is 1. The number of nitrogens with zero attached hydrogens (tertiary/aromatic N) is 2. The number of hydrogen-bond acceptors (Lipinski definition) is 5. The van der Waals surface area contributed by atoms with Crippen LogP contribution in [0.3, 0.4) is 0 Å². The van der Waals surface area contributed by atoms with Crippen LogP contribution in [-0.2, 0) is 24.2 Å². The lowest BCUT2D eigenvalue weighted by atomic mass is 10.0. The molecule has 0 amide bonds. The van der Waals surface area contributed by atoms with Gasteiger partial charge in [0, 0.05) is 24.5 Å². The van der Waals surface area contributed by atoms with Crippen LogP contribution in [0.15, 0.2) is 24.3 Å². The first-order valence-electron chi connectivity index (χ1n) is 6.54. The maximum Gasteiger partial charge on any atom is 0.307 e. The summed E-state index contributed by atoms with van der Waals surface area (Å²) in [6.45, 7) is 2.65. The van der Waals surface area contributed by atoms with Gasteiger partial charge in [0.05, 0.1) is 6.42 Å². The minimum absolute atomic E-state index is 0.0368. The number of carboxylic acid groups (broad SMARTS) is 1. The first-order valence-corrected chi connectivity index (χ1v) is 7.31. The zero-order valence-electron chi connectivity index (χ0n) is 11.3. The zero-order valence-corrected chi connectivity index (χ0v) is 12.1. The van der Waals surface area contributed by atoms with Crippen LogP contribution in [0.4, 0.5) is 5.13 Å². The lowest BCUT2D eigenvalue weighted by molar-refractivity contribution is -0.136. The summed E-state index contributed by atoms with van der Waals surface area (Å²) in [5.74, 6) is 0.0393. The molecule has 0 aliphatic carbocycles. The molecule has 0 bridgehead atoms. The van der Waals surface area contributed by atoms with Crippen molar-refractivity contribution in [3.05, 3.63) is 41.2 Å². The first-order chi connectivity index (χ1) is 9.69. The molecule has 0 aliphatic rings. The fraction of sp³-hybridized carbons (Fsp3) is 0.357. The van der Waals surface area contributed by atoms with Crippen molar-refractivity contribution in [2.45, 2.75) is 32.7 Å². The summed E-state index contributed by atoms with van der Waals surface area (Å²) in [6.07, 6.45) is 1.94. The molecule has 0 unspecified atom stereocenters. The van der Waals surface area contributed by atoms with Crippen LogP contribution in [-0.4, -0.2) is 20.4 Å². The standard InChI is InChI=1S/C14H17N3O2S/c1-2-5-12-16-14(20-17-12)15-9-11-7-4-3-6-10(11)8-13(18)19/h3-4,6-7H,2,5,8-9H2,1H3,(H,18,19)(H,15,16,17). The second-order valence-corrected chi connectivity index (χ2v) is 5.21. The molecular formula is C14H17N3O2S. The smallest absolute Gasteiger partial charge is 0.307 e. The maximum absolute atomic E-state index is 10.8. The Morgan fingerprint density at radius 3 is 2.80 bits per heavy atom. The van der Waals surface area contributed by atoms with E-state index in [2.05, 4.69) is 21.6 Å². The molecule has 1 aromatic carbocycles. The number of carbonyl (C=O) groups is 1. The van der Waals surface area contributed by atoms with E-state index < -0.39 is 5.97 Å². The molecule has 2 aromatic rings. The highest BCUT2D eigenvalue weighted by molar-refractivity contribution is 7.09. The van der Waals surface area contributed by atoms with Crippen LogP contribution in [0.5, 0.6) is 0 Å². The van der Waals surface area contributed by atoms with Crippen LogP contribution in [0.25, 0.3) is 0 Å². The summed E-state index contributed by atoms with van der Waals surface area (Å²) in [5.41, 5.74) is 1.80. The molecule has 0 aliphatic heterocycles. The second-order valence-electron chi connectivity index (χ2n) is 4.46. The summed E-state index contributed by atoms with van der Waals surface area (Å²) < 4.78 is 4.26. The molecule has 2 N–H and O–H groups in total. The average molecular weight is 291 g/mol. The van der Waals surface area contributed by atoms with Gasteiger partial charge in [0.25, 0.3) is 0 Å². The summed E-state index contributed by atoms with van der Waals surface area (Å²) >= 11 is 1.34. The van der Waals surface area contributed by atoms with Crippen molar-refractivity contribution in [3.63, 3.8) is 0 Å². The molecule has 6 heteroatoms. The van der Waals surface area contributed by atoms with Gasteiger partial charge in [-0.15, -0.1) is 0 Å². The van der Waals surface area contributed by atoms with Gasteiger partial charge in [-0.25, -0.2) is 4.98 Å². The second kappa shape index (κ2) is 7.00. The highest BCUT2D eigenvalue weighted by atomic mass is 32.1. The fourth-order valence-electron chi connectivity index (χ4n) is 1.89. The van der Waals surface area contributed by atoms with Gasteiger partial charge in [0.1, 0.15) is 5.82 Å². The summed E-state index contributed by atoms with van der Waals surface area (Å²) in [4.78, 5) is 15.2. The quantitative estimate of drug-likeness (QED) is 0.820. The largest absolute Gasteiger partial charge is 0.481 e. The number of hydrogen-bond donors (Lipinski definition) is 2. The predicted molar refractivity (Wildman–Crippen MR) is 79.0 cm³/mol. The van der Waals surface area contributed by atoms with Gasteiger partial charge in [-0.3, -0.25) is 4.79 Å². The van der Waals surface area contributed by atoms with E-state index in [0.717, 1.165) is 34.9 Å². The highest BCUT2D eigenvalue weighted by Gasteiger charge is 2.07. The topological polar surface area (TPSA) is 75.1 Å².